The van der Waals surface area contributed by atoms with Crippen molar-refractivity contribution < 1.29 is 9.53 Å². The highest BCUT2D eigenvalue weighted by molar-refractivity contribution is 5.99. The summed E-state index contributed by atoms with van der Waals surface area (Å²) >= 11 is 0. The summed E-state index contributed by atoms with van der Waals surface area (Å²) in [5.74, 6) is 0.0253. The van der Waals surface area contributed by atoms with Gasteiger partial charge in [-0.25, -0.2) is 0 Å². The van der Waals surface area contributed by atoms with Gasteiger partial charge in [0.2, 0.25) is 0 Å². The van der Waals surface area contributed by atoms with Gasteiger partial charge in [-0.1, -0.05) is 36.4 Å². The maximum atomic E-state index is 12.0. The zero-order valence-electron chi connectivity index (χ0n) is 8.98. The summed E-state index contributed by atoms with van der Waals surface area (Å²) in [5, 5.41) is 0. The monoisotopic (exact) mass is 204 g/mol. The Balaban J connectivity index is 2.76. The Bertz CT molecular complexity index is 317. The molecule has 15 heavy (non-hydrogen) atoms. The number of carbonyl (C=O) groups excluding carboxylic acids is 1. The quantitative estimate of drug-likeness (QED) is 0.526. The van der Waals surface area contributed by atoms with Gasteiger partial charge in [0, 0.05) is 12.2 Å². The van der Waals surface area contributed by atoms with Crippen molar-refractivity contribution in [2.45, 2.75) is 19.4 Å². The summed E-state index contributed by atoms with van der Waals surface area (Å²) in [4.78, 5) is 12.0. The highest BCUT2D eigenvalue weighted by atomic mass is 16.5. The van der Waals surface area contributed by atoms with Crippen LogP contribution in [0.25, 0.3) is 0 Å². The number of rotatable bonds is 6. The molecule has 1 rings (SSSR count). The summed E-state index contributed by atoms with van der Waals surface area (Å²) in [7, 11) is 0. The second kappa shape index (κ2) is 6.14. The summed E-state index contributed by atoms with van der Waals surface area (Å²) in [6.45, 7) is 6.05. The molecular weight excluding hydrogens is 188 g/mol. The molecule has 80 valence electrons. The van der Waals surface area contributed by atoms with Gasteiger partial charge in [-0.15, -0.1) is 6.58 Å². The Labute approximate surface area is 90.6 Å². The van der Waals surface area contributed by atoms with Crippen LogP contribution in [-0.4, -0.2) is 18.5 Å². The van der Waals surface area contributed by atoms with E-state index in [9.17, 15) is 4.79 Å². The predicted octanol–water partition coefficient (Wildman–Crippen LogP) is 2.85. The van der Waals surface area contributed by atoms with E-state index in [-0.39, 0.29) is 5.78 Å². The number of Topliss-reactive ketones (excluding diaryl/α,β-unsaturated/α-hetero) is 1. The van der Waals surface area contributed by atoms with Crippen LogP contribution in [0.5, 0.6) is 0 Å². The Hall–Kier alpha value is -1.41. The Morgan fingerprint density at radius 2 is 2.13 bits per heavy atom. The lowest BCUT2D eigenvalue weighted by atomic mass is 10.0. The van der Waals surface area contributed by atoms with Gasteiger partial charge in [0.25, 0.3) is 0 Å². The molecule has 0 fully saturated rings. The van der Waals surface area contributed by atoms with Crippen molar-refractivity contribution >= 4 is 5.78 Å². The van der Waals surface area contributed by atoms with Gasteiger partial charge >= 0.3 is 0 Å². The molecule has 2 nitrogen and oxygen atoms in total. The molecule has 0 aromatic heterocycles. The maximum Gasteiger partial charge on any atom is 0.191 e. The molecule has 1 aromatic rings. The molecule has 1 aromatic carbocycles. The van der Waals surface area contributed by atoms with Gasteiger partial charge < -0.3 is 4.74 Å². The molecule has 0 saturated heterocycles. The molecule has 0 aliphatic heterocycles. The molecule has 0 radical (unpaired) electrons. The first-order valence-electron chi connectivity index (χ1n) is 5.11. The predicted molar refractivity (Wildman–Crippen MR) is 61.0 cm³/mol. The SMILES string of the molecule is C=CCC(OCC)C(=O)c1ccccc1. The zero-order valence-corrected chi connectivity index (χ0v) is 8.98. The molecule has 0 heterocycles. The van der Waals surface area contributed by atoms with Gasteiger partial charge in [0.05, 0.1) is 0 Å². The smallest absolute Gasteiger partial charge is 0.191 e. The third kappa shape index (κ3) is 3.33. The van der Waals surface area contributed by atoms with E-state index < -0.39 is 6.10 Å². The Kier molecular flexibility index (Phi) is 4.78. The molecule has 0 N–H and O–H groups in total. The average molecular weight is 204 g/mol. The number of carbonyl (C=O) groups is 1. The summed E-state index contributed by atoms with van der Waals surface area (Å²) < 4.78 is 5.38. The molecule has 0 saturated carbocycles. The highest BCUT2D eigenvalue weighted by Crippen LogP contribution is 2.09. The molecule has 0 aliphatic rings. The maximum absolute atomic E-state index is 12.0. The fourth-order valence-electron chi connectivity index (χ4n) is 1.39. The van der Waals surface area contributed by atoms with Gasteiger partial charge in [0.1, 0.15) is 6.10 Å². The lowest BCUT2D eigenvalue weighted by Gasteiger charge is -2.13. The molecule has 1 unspecified atom stereocenters. The van der Waals surface area contributed by atoms with E-state index in [4.69, 9.17) is 4.74 Å². The minimum absolute atomic E-state index is 0.0253. The van der Waals surface area contributed by atoms with Crippen molar-refractivity contribution in [1.29, 1.82) is 0 Å². The largest absolute Gasteiger partial charge is 0.370 e. The summed E-state index contributed by atoms with van der Waals surface area (Å²) in [5.41, 5.74) is 0.692. The number of hydrogen-bond donors (Lipinski definition) is 0. The first-order chi connectivity index (χ1) is 7.29. The first kappa shape index (κ1) is 11.7. The number of ether oxygens (including phenoxy) is 1. The van der Waals surface area contributed by atoms with Gasteiger partial charge in [-0.3, -0.25) is 4.79 Å². The van der Waals surface area contributed by atoms with Crippen molar-refractivity contribution in [2.24, 2.45) is 0 Å². The second-order valence-electron chi connectivity index (χ2n) is 3.20. The second-order valence-corrected chi connectivity index (χ2v) is 3.20. The topological polar surface area (TPSA) is 26.3 Å². The van der Waals surface area contributed by atoms with Crippen LogP contribution < -0.4 is 0 Å². The van der Waals surface area contributed by atoms with Crippen molar-refractivity contribution in [2.75, 3.05) is 6.61 Å². The molecule has 0 amide bonds. The van der Waals surface area contributed by atoms with Crippen molar-refractivity contribution in [3.63, 3.8) is 0 Å². The van der Waals surface area contributed by atoms with E-state index in [1.807, 2.05) is 25.1 Å². The average Bonchev–Trinajstić information content (AvgIpc) is 2.29. The fourth-order valence-corrected chi connectivity index (χ4v) is 1.39. The van der Waals surface area contributed by atoms with Crippen LogP contribution in [0.2, 0.25) is 0 Å². The lowest BCUT2D eigenvalue weighted by molar-refractivity contribution is 0.0467. The van der Waals surface area contributed by atoms with Crippen LogP contribution in [-0.2, 0) is 4.74 Å². The van der Waals surface area contributed by atoms with E-state index in [0.29, 0.717) is 18.6 Å². The Morgan fingerprint density at radius 3 is 2.67 bits per heavy atom. The van der Waals surface area contributed by atoms with Crippen molar-refractivity contribution in [1.82, 2.24) is 0 Å². The minimum Gasteiger partial charge on any atom is -0.370 e. The zero-order chi connectivity index (χ0) is 11.1. The van der Waals surface area contributed by atoms with Crippen LogP contribution in [0, 0.1) is 0 Å². The molecule has 0 bridgehead atoms. The van der Waals surface area contributed by atoms with Gasteiger partial charge in [-0.2, -0.15) is 0 Å². The summed E-state index contributed by atoms with van der Waals surface area (Å²) in [6, 6.07) is 9.20. The minimum atomic E-state index is -0.394. The van der Waals surface area contributed by atoms with E-state index in [1.54, 1.807) is 18.2 Å². The standard InChI is InChI=1S/C13H16O2/c1-3-8-12(15-4-2)13(14)11-9-6-5-7-10-11/h3,5-7,9-10,12H,1,4,8H2,2H3. The van der Waals surface area contributed by atoms with Crippen LogP contribution in [0.4, 0.5) is 0 Å². The van der Waals surface area contributed by atoms with Crippen LogP contribution in [0.15, 0.2) is 43.0 Å². The van der Waals surface area contributed by atoms with E-state index in [2.05, 4.69) is 6.58 Å². The number of ketones is 1. The summed E-state index contributed by atoms with van der Waals surface area (Å²) in [6.07, 6.45) is 1.87. The van der Waals surface area contributed by atoms with Crippen LogP contribution in [0.1, 0.15) is 23.7 Å². The van der Waals surface area contributed by atoms with Crippen molar-refractivity contribution in [3.8, 4) is 0 Å². The molecule has 1 atom stereocenters. The highest BCUT2D eigenvalue weighted by Gasteiger charge is 2.18. The van der Waals surface area contributed by atoms with E-state index >= 15 is 0 Å². The van der Waals surface area contributed by atoms with Crippen LogP contribution in [0.3, 0.4) is 0 Å². The molecular formula is C13H16O2. The third-order valence-electron chi connectivity index (χ3n) is 2.10. The number of hydrogen-bond acceptors (Lipinski definition) is 2. The molecule has 0 aliphatic carbocycles. The normalized spacial score (nSPS) is 12.1. The van der Waals surface area contributed by atoms with E-state index in [1.165, 1.54) is 0 Å². The van der Waals surface area contributed by atoms with Gasteiger partial charge in [0.15, 0.2) is 5.78 Å². The van der Waals surface area contributed by atoms with E-state index in [0.717, 1.165) is 0 Å². The number of benzene rings is 1. The van der Waals surface area contributed by atoms with Crippen LogP contribution >= 0.6 is 0 Å². The van der Waals surface area contributed by atoms with Gasteiger partial charge in [-0.05, 0) is 13.3 Å². The first-order valence-corrected chi connectivity index (χ1v) is 5.11. The fraction of sp³-hybridized carbons (Fsp3) is 0.308. The van der Waals surface area contributed by atoms with Crippen molar-refractivity contribution in [3.05, 3.63) is 48.6 Å². The molecule has 0 spiro atoms. The third-order valence-corrected chi connectivity index (χ3v) is 2.10. The lowest BCUT2D eigenvalue weighted by Crippen LogP contribution is -2.23. The molecule has 2 heteroatoms. The Morgan fingerprint density at radius 1 is 1.47 bits per heavy atom.